The topological polar surface area (TPSA) is 107 Å². The number of hydrogen-bond acceptors (Lipinski definition) is 5. The first-order valence-corrected chi connectivity index (χ1v) is 12.9. The predicted molar refractivity (Wildman–Crippen MR) is 148 cm³/mol. The molecule has 39 heavy (non-hydrogen) atoms. The van der Waals surface area contributed by atoms with Crippen LogP contribution in [0.3, 0.4) is 0 Å². The first-order chi connectivity index (χ1) is 18.5. The lowest BCUT2D eigenvalue weighted by Crippen LogP contribution is -2.42. The largest absolute Gasteiger partial charge is 0.349 e. The molecule has 1 saturated carbocycles. The van der Waals surface area contributed by atoms with E-state index in [-0.39, 0.29) is 44.4 Å². The van der Waals surface area contributed by atoms with Gasteiger partial charge in [0.1, 0.15) is 17.0 Å². The van der Waals surface area contributed by atoms with E-state index in [9.17, 15) is 32.3 Å². The van der Waals surface area contributed by atoms with Crippen LogP contribution in [0.25, 0.3) is 16.6 Å². The molecule has 0 atom stereocenters. The molecule has 1 aliphatic rings. The zero-order valence-corrected chi connectivity index (χ0v) is 22.8. The molecule has 4 aromatic rings. The molecule has 0 aliphatic heterocycles. The van der Waals surface area contributed by atoms with Gasteiger partial charge >= 0.3 is 12.2 Å². The molecule has 0 unspecified atom stereocenters. The molecule has 9 nitrogen and oxygen atoms in total. The van der Waals surface area contributed by atoms with E-state index in [2.05, 4.69) is 10.6 Å². The molecule has 0 saturated heterocycles. The van der Waals surface area contributed by atoms with E-state index in [1.807, 2.05) is 22.6 Å². The number of pyridine rings is 1. The second-order valence-electron chi connectivity index (χ2n) is 9.18. The van der Waals surface area contributed by atoms with Crippen LogP contribution in [0.5, 0.6) is 0 Å². The van der Waals surface area contributed by atoms with Gasteiger partial charge in [-0.2, -0.15) is 13.3 Å². The number of alkyl halides is 2. The van der Waals surface area contributed by atoms with Gasteiger partial charge in [0.05, 0.1) is 16.9 Å². The molecular formula is C26H21F3IN5O4. The normalized spacial score (nSPS) is 13.2. The van der Waals surface area contributed by atoms with Crippen LogP contribution in [0.2, 0.25) is 0 Å². The van der Waals surface area contributed by atoms with E-state index >= 15 is 0 Å². The minimum absolute atomic E-state index is 0.00871. The van der Waals surface area contributed by atoms with Gasteiger partial charge in [0, 0.05) is 27.8 Å². The third-order valence-electron chi connectivity index (χ3n) is 6.50. The van der Waals surface area contributed by atoms with E-state index in [4.69, 9.17) is 0 Å². The summed E-state index contributed by atoms with van der Waals surface area (Å²) in [5.41, 5.74) is -3.69. The quantitative estimate of drug-likeness (QED) is 0.308. The smallest absolute Gasteiger partial charge is 0.340 e. The second-order valence-corrected chi connectivity index (χ2v) is 10.4. The van der Waals surface area contributed by atoms with Crippen molar-refractivity contribution in [3.8, 4) is 5.69 Å². The van der Waals surface area contributed by atoms with E-state index < -0.39 is 40.5 Å². The van der Waals surface area contributed by atoms with Crippen molar-refractivity contribution in [2.75, 3.05) is 5.32 Å². The van der Waals surface area contributed by atoms with Crippen molar-refractivity contribution in [3.05, 3.63) is 94.2 Å². The highest BCUT2D eigenvalue weighted by Crippen LogP contribution is 2.28. The van der Waals surface area contributed by atoms with E-state index in [0.717, 1.165) is 22.0 Å². The standard InChI is InChI=1S/C26H21F3IN5O4/c1-12-20-19(21(33(2)23(12)37)32-18-9-6-14(30)11-17(18)27)24(38)35(25(28)29)26(39)34(20)16-5-3-4-13(10-16)22(36)31-15-7-8-15/h3-6,9-11,15,25,32H,7-8H2,1-2H3,(H,31,36). The highest BCUT2D eigenvalue weighted by atomic mass is 127. The number of carbonyl (C=O) groups is 1. The Morgan fingerprint density at radius 2 is 1.79 bits per heavy atom. The van der Waals surface area contributed by atoms with Gasteiger partial charge < -0.3 is 10.6 Å². The Bertz CT molecular complexity index is 1840. The van der Waals surface area contributed by atoms with Crippen LogP contribution in [-0.2, 0) is 7.05 Å². The Hall–Kier alpha value is -3.88. The maximum Gasteiger partial charge on any atom is 0.340 e. The van der Waals surface area contributed by atoms with Gasteiger partial charge in [0.2, 0.25) is 0 Å². The van der Waals surface area contributed by atoms with E-state index in [1.54, 1.807) is 6.07 Å². The summed E-state index contributed by atoms with van der Waals surface area (Å²) >= 11 is 1.91. The van der Waals surface area contributed by atoms with Crippen LogP contribution >= 0.6 is 22.6 Å². The Balaban J connectivity index is 1.86. The molecule has 0 spiro atoms. The SMILES string of the molecule is Cc1c(=O)n(C)c(Nc2ccc(I)cc2F)c2c(=O)n(C(F)F)c(=O)n(-c3cccc(C(=O)NC4CC4)c3)c12. The zero-order chi connectivity index (χ0) is 28.2. The zero-order valence-electron chi connectivity index (χ0n) is 20.6. The summed E-state index contributed by atoms with van der Waals surface area (Å²) in [6, 6.07) is 9.89. The summed E-state index contributed by atoms with van der Waals surface area (Å²) in [5.74, 6) is -1.40. The monoisotopic (exact) mass is 651 g/mol. The highest BCUT2D eigenvalue weighted by Gasteiger charge is 2.27. The molecule has 1 fully saturated rings. The second kappa shape index (κ2) is 10.0. The molecule has 2 aromatic heterocycles. The fourth-order valence-electron chi connectivity index (χ4n) is 4.37. The van der Waals surface area contributed by atoms with Crippen molar-refractivity contribution in [3.63, 3.8) is 0 Å². The molecule has 202 valence electrons. The summed E-state index contributed by atoms with van der Waals surface area (Å²) in [5, 5.41) is 5.07. The number of anilines is 2. The molecule has 13 heteroatoms. The van der Waals surface area contributed by atoms with Crippen molar-refractivity contribution >= 4 is 50.9 Å². The minimum Gasteiger partial charge on any atom is -0.349 e. The van der Waals surface area contributed by atoms with Crippen molar-refractivity contribution in [2.24, 2.45) is 7.05 Å². The number of aromatic nitrogens is 3. The molecule has 2 aromatic carbocycles. The van der Waals surface area contributed by atoms with Gasteiger partial charge in [-0.15, -0.1) is 0 Å². The summed E-state index contributed by atoms with van der Waals surface area (Å²) in [7, 11) is 1.30. The first kappa shape index (κ1) is 26.7. The molecule has 2 N–H and O–H groups in total. The van der Waals surface area contributed by atoms with Gasteiger partial charge in [-0.05, 0) is 78.8 Å². The number of halogens is 4. The molecular weight excluding hydrogens is 630 g/mol. The molecule has 0 radical (unpaired) electrons. The fourth-order valence-corrected chi connectivity index (χ4v) is 4.83. The van der Waals surface area contributed by atoms with Crippen LogP contribution in [0.1, 0.15) is 35.3 Å². The lowest BCUT2D eigenvalue weighted by molar-refractivity contribution is 0.0613. The van der Waals surface area contributed by atoms with Crippen LogP contribution in [-0.4, -0.2) is 25.7 Å². The summed E-state index contributed by atoms with van der Waals surface area (Å²) in [6.07, 6.45) is 1.68. The van der Waals surface area contributed by atoms with Crippen LogP contribution in [0.4, 0.5) is 24.7 Å². The summed E-state index contributed by atoms with van der Waals surface area (Å²) in [4.78, 5) is 52.7. The number of rotatable bonds is 6. The van der Waals surface area contributed by atoms with Crippen LogP contribution in [0.15, 0.2) is 56.8 Å². The van der Waals surface area contributed by atoms with Crippen LogP contribution < -0.4 is 27.4 Å². The lowest BCUT2D eigenvalue weighted by Gasteiger charge is -2.20. The van der Waals surface area contributed by atoms with Crippen molar-refractivity contribution in [2.45, 2.75) is 32.4 Å². The number of nitrogens with zero attached hydrogens (tertiary/aromatic N) is 3. The molecule has 1 aliphatic carbocycles. The lowest BCUT2D eigenvalue weighted by atomic mass is 10.1. The third kappa shape index (κ3) is 4.75. The number of carbonyl (C=O) groups excluding carboxylic acids is 1. The number of benzene rings is 2. The Morgan fingerprint density at radius 3 is 2.44 bits per heavy atom. The number of hydrogen-bond donors (Lipinski definition) is 2. The first-order valence-electron chi connectivity index (χ1n) is 11.8. The fraction of sp³-hybridized carbons (Fsp3) is 0.231. The van der Waals surface area contributed by atoms with E-state index in [0.29, 0.717) is 3.57 Å². The maximum atomic E-state index is 14.7. The van der Waals surface area contributed by atoms with Gasteiger partial charge in [-0.1, -0.05) is 6.07 Å². The van der Waals surface area contributed by atoms with Gasteiger partial charge in [-0.3, -0.25) is 23.5 Å². The molecule has 1 amide bonds. The Kier molecular flexibility index (Phi) is 6.86. The Morgan fingerprint density at radius 1 is 1.08 bits per heavy atom. The number of aryl methyl sites for hydroxylation is 1. The average Bonchev–Trinajstić information content (AvgIpc) is 3.70. The van der Waals surface area contributed by atoms with Crippen LogP contribution in [0, 0.1) is 16.3 Å². The minimum atomic E-state index is -3.53. The van der Waals surface area contributed by atoms with Crippen molar-refractivity contribution in [1.82, 2.24) is 19.0 Å². The number of fused-ring (bicyclic) bond motifs is 1. The van der Waals surface area contributed by atoms with Crippen molar-refractivity contribution < 1.29 is 18.0 Å². The summed E-state index contributed by atoms with van der Waals surface area (Å²) < 4.78 is 45.2. The Labute approximate surface area is 232 Å². The van der Waals surface area contributed by atoms with Gasteiger partial charge in [-0.25, -0.2) is 9.18 Å². The highest BCUT2D eigenvalue weighted by molar-refractivity contribution is 14.1. The van der Waals surface area contributed by atoms with Gasteiger partial charge in [0.25, 0.3) is 17.0 Å². The average molecular weight is 651 g/mol. The molecule has 0 bridgehead atoms. The number of nitrogens with one attached hydrogen (secondary N) is 2. The van der Waals surface area contributed by atoms with E-state index in [1.165, 1.54) is 50.4 Å². The summed E-state index contributed by atoms with van der Waals surface area (Å²) in [6.45, 7) is -2.17. The predicted octanol–water partition coefficient (Wildman–Crippen LogP) is 3.93. The molecule has 5 rings (SSSR count). The third-order valence-corrected chi connectivity index (χ3v) is 7.17. The van der Waals surface area contributed by atoms with Gasteiger partial charge in [0.15, 0.2) is 0 Å². The maximum absolute atomic E-state index is 14.7. The van der Waals surface area contributed by atoms with Crippen molar-refractivity contribution in [1.29, 1.82) is 0 Å². The molecule has 2 heterocycles. The number of amides is 1.